The minimum Gasteiger partial charge on any atom is -1.00 e. The van der Waals surface area contributed by atoms with E-state index in [1.165, 1.54) is 22.6 Å². The van der Waals surface area contributed by atoms with Gasteiger partial charge in [0.25, 0.3) is 0 Å². The van der Waals surface area contributed by atoms with Crippen LogP contribution in [0.15, 0.2) is 22.8 Å². The fourth-order valence-electron chi connectivity index (χ4n) is 1.13. The van der Waals surface area contributed by atoms with Crippen molar-refractivity contribution in [3.63, 3.8) is 0 Å². The second-order valence-corrected chi connectivity index (χ2v) is 2.76. The van der Waals surface area contributed by atoms with E-state index in [0.717, 1.165) is 0 Å². The summed E-state index contributed by atoms with van der Waals surface area (Å²) >= 11 is 0. The third-order valence-corrected chi connectivity index (χ3v) is 2.18. The summed E-state index contributed by atoms with van der Waals surface area (Å²) < 4.78 is 0. The van der Waals surface area contributed by atoms with Crippen LogP contribution in [0, 0.1) is 5.92 Å². The molecule has 0 aliphatic heterocycles. The van der Waals surface area contributed by atoms with Gasteiger partial charge in [0, 0.05) is 31.8 Å². The molecule has 0 saturated heterocycles. The Kier molecular flexibility index (Phi) is 6.77. The molecule has 11 heavy (non-hydrogen) atoms. The first-order valence-corrected chi connectivity index (χ1v) is 3.33. The van der Waals surface area contributed by atoms with Gasteiger partial charge in [-0.25, -0.2) is 0 Å². The SMILES string of the molecule is C[C]1C(C)=CC(C)=C1C.[Cl-].[HH].[Sb]. The Morgan fingerprint density at radius 2 is 1.55 bits per heavy atom. The van der Waals surface area contributed by atoms with Gasteiger partial charge in [-0.1, -0.05) is 29.7 Å². The molecule has 0 aromatic carbocycles. The van der Waals surface area contributed by atoms with Gasteiger partial charge in [-0.2, -0.15) is 0 Å². The number of halogens is 1. The molecule has 1 aliphatic carbocycles. The fourth-order valence-corrected chi connectivity index (χ4v) is 1.13. The van der Waals surface area contributed by atoms with Gasteiger partial charge >= 0.3 is 0 Å². The van der Waals surface area contributed by atoms with Gasteiger partial charge in [-0.05, 0) is 20.8 Å². The molecule has 0 fully saturated rings. The summed E-state index contributed by atoms with van der Waals surface area (Å²) in [7, 11) is 0. The zero-order chi connectivity index (χ0) is 7.02. The van der Waals surface area contributed by atoms with Crippen molar-refractivity contribution >= 4 is 24.4 Å². The van der Waals surface area contributed by atoms with Gasteiger partial charge < -0.3 is 12.4 Å². The Balaban J connectivity index is -0.000000270. The maximum Gasteiger partial charge on any atom is 0.0224 e. The average Bonchev–Trinajstić information content (AvgIpc) is 1.98. The zero-order valence-corrected chi connectivity index (χ0v) is 10.7. The van der Waals surface area contributed by atoms with E-state index >= 15 is 0 Å². The molecule has 0 unspecified atom stereocenters. The molecule has 4 radical (unpaired) electrons. The molecule has 0 aromatic heterocycles. The molecule has 0 aromatic rings. The summed E-state index contributed by atoms with van der Waals surface area (Å²) in [4.78, 5) is 0. The van der Waals surface area contributed by atoms with Crippen molar-refractivity contribution in [2.75, 3.05) is 0 Å². The van der Waals surface area contributed by atoms with Crippen molar-refractivity contribution in [3.05, 3.63) is 28.7 Å². The normalized spacial score (nSPS) is 17.3. The number of hydrogen-bond acceptors (Lipinski definition) is 0. The summed E-state index contributed by atoms with van der Waals surface area (Å²) in [5, 5.41) is 0. The first-order chi connectivity index (χ1) is 4.13. The molecule has 0 atom stereocenters. The Hall–Kier alpha value is 0.588. The summed E-state index contributed by atoms with van der Waals surface area (Å²) in [6, 6.07) is 0. The smallest absolute Gasteiger partial charge is 0.0224 e. The fraction of sp³-hybridized carbons (Fsp3) is 0.444. The van der Waals surface area contributed by atoms with Gasteiger partial charge in [-0.3, -0.25) is 0 Å². The van der Waals surface area contributed by atoms with Gasteiger partial charge in [0.2, 0.25) is 0 Å². The van der Waals surface area contributed by atoms with Crippen LogP contribution in [0.25, 0.3) is 0 Å². The molecule has 0 amide bonds. The van der Waals surface area contributed by atoms with Crippen molar-refractivity contribution in [2.45, 2.75) is 27.7 Å². The van der Waals surface area contributed by atoms with Crippen LogP contribution < -0.4 is 12.4 Å². The van der Waals surface area contributed by atoms with Crippen LogP contribution in [0.3, 0.4) is 0 Å². The molecular weight excluding hydrogens is 265 g/mol. The van der Waals surface area contributed by atoms with Crippen LogP contribution in [0.4, 0.5) is 0 Å². The number of rotatable bonds is 0. The monoisotopic (exact) mass is 279 g/mol. The van der Waals surface area contributed by atoms with Gasteiger partial charge in [0.05, 0.1) is 0 Å². The number of allylic oxidation sites excluding steroid dienone is 4. The third kappa shape index (κ3) is 2.84. The maximum atomic E-state index is 2.24. The van der Waals surface area contributed by atoms with E-state index in [1.807, 2.05) is 0 Å². The largest absolute Gasteiger partial charge is 1.00 e. The molecule has 0 heterocycles. The summed E-state index contributed by atoms with van der Waals surface area (Å²) in [6.45, 7) is 8.68. The van der Waals surface area contributed by atoms with Crippen LogP contribution >= 0.6 is 0 Å². The van der Waals surface area contributed by atoms with Crippen molar-refractivity contribution in [3.8, 4) is 0 Å². The summed E-state index contributed by atoms with van der Waals surface area (Å²) in [5.41, 5.74) is 4.29. The van der Waals surface area contributed by atoms with Crippen molar-refractivity contribution in [2.24, 2.45) is 0 Å². The van der Waals surface area contributed by atoms with E-state index in [9.17, 15) is 0 Å². The van der Waals surface area contributed by atoms with Crippen LogP contribution in [-0.2, 0) is 0 Å². The van der Waals surface area contributed by atoms with Crippen molar-refractivity contribution in [1.29, 1.82) is 0 Å². The summed E-state index contributed by atoms with van der Waals surface area (Å²) in [6.07, 6.45) is 2.24. The zero-order valence-electron chi connectivity index (χ0n) is 7.40. The average molecular weight is 280 g/mol. The van der Waals surface area contributed by atoms with Crippen LogP contribution in [-0.4, -0.2) is 24.4 Å². The Morgan fingerprint density at radius 3 is 1.64 bits per heavy atom. The molecule has 0 nitrogen and oxygen atoms in total. The second kappa shape index (κ2) is 5.27. The van der Waals surface area contributed by atoms with Gasteiger partial charge in [0.15, 0.2) is 0 Å². The van der Waals surface area contributed by atoms with E-state index in [4.69, 9.17) is 0 Å². The Labute approximate surface area is 94.5 Å². The molecular formula is C9H15ClSb-. The van der Waals surface area contributed by atoms with Crippen LogP contribution in [0.5, 0.6) is 0 Å². The predicted octanol–water partition coefficient (Wildman–Crippen LogP) is -0.254. The third-order valence-electron chi connectivity index (χ3n) is 2.18. The molecule has 0 saturated carbocycles. The molecule has 64 valence electrons. The number of hydrogen-bond donors (Lipinski definition) is 0. The topological polar surface area (TPSA) is 0 Å². The van der Waals surface area contributed by atoms with Crippen LogP contribution in [0.1, 0.15) is 29.1 Å². The molecule has 0 N–H and O–H groups in total. The Morgan fingerprint density at radius 1 is 1.09 bits per heavy atom. The van der Waals surface area contributed by atoms with E-state index in [2.05, 4.69) is 33.8 Å². The second-order valence-electron chi connectivity index (χ2n) is 2.76. The van der Waals surface area contributed by atoms with Crippen LogP contribution in [0.2, 0.25) is 0 Å². The predicted molar refractivity (Wildman–Crippen MR) is 48.9 cm³/mol. The minimum atomic E-state index is 0. The summed E-state index contributed by atoms with van der Waals surface area (Å²) in [5.74, 6) is 1.45. The molecule has 2 heteroatoms. The molecule has 0 bridgehead atoms. The van der Waals surface area contributed by atoms with Gasteiger partial charge in [0.1, 0.15) is 0 Å². The van der Waals surface area contributed by atoms with E-state index < -0.39 is 0 Å². The van der Waals surface area contributed by atoms with E-state index in [0.29, 0.717) is 0 Å². The first-order valence-electron chi connectivity index (χ1n) is 3.33. The minimum absolute atomic E-state index is 0. The maximum absolute atomic E-state index is 2.24. The molecule has 1 aliphatic rings. The molecule has 1 rings (SSSR count). The Bertz CT molecular complexity index is 197. The van der Waals surface area contributed by atoms with Gasteiger partial charge in [-0.15, -0.1) is 0 Å². The van der Waals surface area contributed by atoms with Crippen molar-refractivity contribution in [1.82, 2.24) is 0 Å². The van der Waals surface area contributed by atoms with E-state index in [1.54, 1.807) is 0 Å². The van der Waals surface area contributed by atoms with Crippen molar-refractivity contribution < 1.29 is 13.8 Å². The quantitative estimate of drug-likeness (QED) is 0.537. The molecule has 0 spiro atoms. The van der Waals surface area contributed by atoms with E-state index in [-0.39, 0.29) is 38.3 Å². The first kappa shape index (κ1) is 14.1. The standard InChI is InChI=1S/C9H13.ClH.Sb.H2/c1-6-5-7(2)9(4)8(6)3;;;/h5H,1-4H3;1H;;1H/p-1.